The summed E-state index contributed by atoms with van der Waals surface area (Å²) >= 11 is 0. The number of nitrogens with zero attached hydrogens (tertiary/aromatic N) is 3. The molecule has 2 heterocycles. The SMILES string of the molecule is CC(C)(C)OC(=O)C1CCN(CC2CN(c3ccc(CN=C(N)N)cc3)C(=O)O2)CC1. The van der Waals surface area contributed by atoms with Crippen LogP contribution in [-0.2, 0) is 20.8 Å². The van der Waals surface area contributed by atoms with E-state index in [2.05, 4.69) is 9.89 Å². The maximum absolute atomic E-state index is 12.4. The topological polar surface area (TPSA) is 123 Å². The van der Waals surface area contributed by atoms with Crippen LogP contribution in [0.5, 0.6) is 0 Å². The van der Waals surface area contributed by atoms with E-state index < -0.39 is 5.60 Å². The van der Waals surface area contributed by atoms with Crippen LogP contribution in [0.25, 0.3) is 0 Å². The smallest absolute Gasteiger partial charge is 0.414 e. The first-order valence-electron chi connectivity index (χ1n) is 10.7. The van der Waals surface area contributed by atoms with Crippen molar-refractivity contribution in [1.29, 1.82) is 0 Å². The molecule has 1 aromatic rings. The number of piperidine rings is 1. The fraction of sp³-hybridized carbons (Fsp3) is 0.591. The van der Waals surface area contributed by atoms with Crippen molar-refractivity contribution in [2.24, 2.45) is 22.4 Å². The molecular formula is C22H33N5O4. The number of carbonyl (C=O) groups excluding carboxylic acids is 2. The lowest BCUT2D eigenvalue weighted by molar-refractivity contribution is -0.161. The van der Waals surface area contributed by atoms with Gasteiger partial charge < -0.3 is 20.9 Å². The largest absolute Gasteiger partial charge is 0.460 e. The molecule has 9 nitrogen and oxygen atoms in total. The van der Waals surface area contributed by atoms with Crippen LogP contribution in [0.15, 0.2) is 29.3 Å². The zero-order valence-electron chi connectivity index (χ0n) is 18.5. The number of guanidine groups is 1. The van der Waals surface area contributed by atoms with Crippen molar-refractivity contribution >= 4 is 23.7 Å². The minimum absolute atomic E-state index is 0.0465. The highest BCUT2D eigenvalue weighted by Crippen LogP contribution is 2.25. The first-order chi connectivity index (χ1) is 14.6. The summed E-state index contributed by atoms with van der Waals surface area (Å²) in [6.07, 6.45) is 0.977. The standard InChI is InChI=1S/C22H33N5O4/c1-22(2,3)31-19(28)16-8-10-26(11-9-16)13-18-14-27(21(29)30-18)17-6-4-15(5-7-17)12-25-20(23)24/h4-7,16,18H,8-14H2,1-3H3,(H4,23,24,25). The summed E-state index contributed by atoms with van der Waals surface area (Å²) in [5.41, 5.74) is 12.0. The second-order valence-electron chi connectivity index (χ2n) is 9.13. The molecule has 1 amide bonds. The lowest BCUT2D eigenvalue weighted by Crippen LogP contribution is -2.42. The Bertz CT molecular complexity index is 806. The summed E-state index contributed by atoms with van der Waals surface area (Å²) in [6.45, 7) is 8.79. The van der Waals surface area contributed by atoms with Crippen LogP contribution in [-0.4, -0.2) is 60.8 Å². The van der Waals surface area contributed by atoms with Crippen LogP contribution in [0, 0.1) is 5.92 Å². The van der Waals surface area contributed by atoms with E-state index in [4.69, 9.17) is 20.9 Å². The summed E-state index contributed by atoms with van der Waals surface area (Å²) in [5, 5.41) is 0. The molecule has 2 aliphatic heterocycles. The second-order valence-corrected chi connectivity index (χ2v) is 9.13. The Balaban J connectivity index is 1.48. The Morgan fingerprint density at radius 3 is 2.42 bits per heavy atom. The van der Waals surface area contributed by atoms with E-state index in [0.717, 1.165) is 37.2 Å². The number of ether oxygens (including phenoxy) is 2. The van der Waals surface area contributed by atoms with Crippen molar-refractivity contribution in [2.45, 2.75) is 51.9 Å². The quantitative estimate of drug-likeness (QED) is 0.400. The van der Waals surface area contributed by atoms with Gasteiger partial charge in [0.2, 0.25) is 0 Å². The Hall–Kier alpha value is -2.81. The molecule has 2 saturated heterocycles. The average Bonchev–Trinajstić information content (AvgIpc) is 3.06. The normalized spacial score (nSPS) is 20.4. The average molecular weight is 432 g/mol. The molecule has 3 rings (SSSR count). The van der Waals surface area contributed by atoms with Crippen LogP contribution in [0.1, 0.15) is 39.2 Å². The van der Waals surface area contributed by atoms with Gasteiger partial charge in [0.15, 0.2) is 5.96 Å². The minimum Gasteiger partial charge on any atom is -0.460 e. The predicted octanol–water partition coefficient (Wildman–Crippen LogP) is 1.84. The molecule has 2 aliphatic rings. The van der Waals surface area contributed by atoms with E-state index in [-0.39, 0.29) is 30.0 Å². The van der Waals surface area contributed by atoms with Gasteiger partial charge in [-0.1, -0.05) is 12.1 Å². The number of nitrogens with two attached hydrogens (primary N) is 2. The van der Waals surface area contributed by atoms with E-state index in [9.17, 15) is 9.59 Å². The van der Waals surface area contributed by atoms with Gasteiger partial charge in [0.25, 0.3) is 0 Å². The molecule has 0 aliphatic carbocycles. The van der Waals surface area contributed by atoms with Crippen molar-refractivity contribution in [1.82, 2.24) is 4.90 Å². The minimum atomic E-state index is -0.459. The number of rotatable bonds is 6. The van der Waals surface area contributed by atoms with Crippen LogP contribution < -0.4 is 16.4 Å². The van der Waals surface area contributed by atoms with Gasteiger partial charge in [-0.15, -0.1) is 0 Å². The molecule has 0 bridgehead atoms. The molecule has 1 atom stereocenters. The summed E-state index contributed by atoms with van der Waals surface area (Å²) in [5.74, 6) is -0.130. The van der Waals surface area contributed by atoms with Crippen LogP contribution in [0.2, 0.25) is 0 Å². The number of aliphatic imine (C=N–C) groups is 1. The Morgan fingerprint density at radius 1 is 1.19 bits per heavy atom. The van der Waals surface area contributed by atoms with Crippen LogP contribution in [0.4, 0.5) is 10.5 Å². The van der Waals surface area contributed by atoms with Crippen molar-refractivity contribution in [3.8, 4) is 0 Å². The summed E-state index contributed by atoms with van der Waals surface area (Å²) < 4.78 is 11.1. The zero-order chi connectivity index (χ0) is 22.6. The fourth-order valence-corrected chi connectivity index (χ4v) is 3.82. The molecule has 0 saturated carbocycles. The van der Waals surface area contributed by atoms with E-state index in [1.165, 1.54) is 0 Å². The summed E-state index contributed by atoms with van der Waals surface area (Å²) in [7, 11) is 0. The van der Waals surface area contributed by atoms with Crippen molar-refractivity contribution < 1.29 is 19.1 Å². The number of amides is 1. The molecule has 31 heavy (non-hydrogen) atoms. The van der Waals surface area contributed by atoms with Gasteiger partial charge in [0, 0.05) is 12.2 Å². The predicted molar refractivity (Wildman–Crippen MR) is 119 cm³/mol. The highest BCUT2D eigenvalue weighted by atomic mass is 16.6. The molecule has 1 unspecified atom stereocenters. The zero-order valence-corrected chi connectivity index (χ0v) is 18.5. The number of hydrogen-bond acceptors (Lipinski definition) is 6. The van der Waals surface area contributed by atoms with Gasteiger partial charge in [-0.05, 0) is 64.4 Å². The van der Waals surface area contributed by atoms with E-state index in [1.54, 1.807) is 4.90 Å². The van der Waals surface area contributed by atoms with Crippen molar-refractivity contribution in [3.05, 3.63) is 29.8 Å². The maximum atomic E-state index is 12.4. The highest BCUT2D eigenvalue weighted by Gasteiger charge is 2.35. The van der Waals surface area contributed by atoms with E-state index in [1.807, 2.05) is 45.0 Å². The third-order valence-corrected chi connectivity index (χ3v) is 5.36. The first-order valence-corrected chi connectivity index (χ1v) is 10.7. The molecule has 0 aromatic heterocycles. The highest BCUT2D eigenvalue weighted by molar-refractivity contribution is 5.89. The number of likely N-dealkylation sites (tertiary alicyclic amines) is 1. The van der Waals surface area contributed by atoms with Gasteiger partial charge in [-0.3, -0.25) is 14.6 Å². The van der Waals surface area contributed by atoms with Crippen molar-refractivity contribution in [3.63, 3.8) is 0 Å². The molecule has 170 valence electrons. The van der Waals surface area contributed by atoms with Gasteiger partial charge >= 0.3 is 12.1 Å². The third kappa shape index (κ3) is 6.58. The Morgan fingerprint density at radius 2 is 1.84 bits per heavy atom. The molecule has 9 heteroatoms. The lowest BCUT2D eigenvalue weighted by Gasteiger charge is -2.33. The molecular weight excluding hydrogens is 398 g/mol. The number of hydrogen-bond donors (Lipinski definition) is 2. The number of anilines is 1. The first kappa shape index (κ1) is 22.9. The van der Waals surface area contributed by atoms with Gasteiger partial charge in [0.05, 0.1) is 19.0 Å². The second kappa shape index (κ2) is 9.55. The van der Waals surface area contributed by atoms with Crippen molar-refractivity contribution in [2.75, 3.05) is 31.1 Å². The van der Waals surface area contributed by atoms with E-state index in [0.29, 0.717) is 19.6 Å². The molecule has 1 aromatic carbocycles. The fourth-order valence-electron chi connectivity index (χ4n) is 3.82. The van der Waals surface area contributed by atoms with Gasteiger partial charge in [-0.2, -0.15) is 0 Å². The molecule has 2 fully saturated rings. The number of benzene rings is 1. The third-order valence-electron chi connectivity index (χ3n) is 5.36. The Kier molecular flexibility index (Phi) is 7.04. The number of esters is 1. The molecule has 0 spiro atoms. The molecule has 4 N–H and O–H groups in total. The van der Waals surface area contributed by atoms with Gasteiger partial charge in [0.1, 0.15) is 11.7 Å². The number of carbonyl (C=O) groups is 2. The van der Waals surface area contributed by atoms with Gasteiger partial charge in [-0.25, -0.2) is 9.79 Å². The van der Waals surface area contributed by atoms with Crippen LogP contribution >= 0.6 is 0 Å². The monoisotopic (exact) mass is 431 g/mol. The maximum Gasteiger partial charge on any atom is 0.414 e. The Labute approximate surface area is 183 Å². The van der Waals surface area contributed by atoms with Crippen LogP contribution in [0.3, 0.4) is 0 Å². The lowest BCUT2D eigenvalue weighted by atomic mass is 9.96. The van der Waals surface area contributed by atoms with E-state index >= 15 is 0 Å². The summed E-state index contributed by atoms with van der Waals surface area (Å²) in [4.78, 5) is 32.5. The molecule has 0 radical (unpaired) electrons. The summed E-state index contributed by atoms with van der Waals surface area (Å²) in [6, 6.07) is 7.52. The number of cyclic esters (lactones) is 1.